The Kier molecular flexibility index (Phi) is 8.75. The number of anilines is 1. The van der Waals surface area contributed by atoms with Gasteiger partial charge in [-0.25, -0.2) is 12.7 Å². The molecule has 1 fully saturated rings. The highest BCUT2D eigenvalue weighted by Gasteiger charge is 2.22. The standard InChI is InChI=1S/C24H33ClN4O3S/c1-19-7-6-8-21(17-19)29-15-13-28(14-16-29)12-5-4-11-26-24(30)20-9-10-22(25)23(18-20)33(31,32)27(2)3/h6-10,17-18H,4-5,11-16H2,1-3H3,(H,26,30). The molecule has 0 aliphatic carbocycles. The van der Waals surface area contributed by atoms with Crippen molar-refractivity contribution < 1.29 is 13.2 Å². The molecule has 1 N–H and O–H groups in total. The minimum atomic E-state index is -3.72. The summed E-state index contributed by atoms with van der Waals surface area (Å²) in [4.78, 5) is 17.3. The van der Waals surface area contributed by atoms with Crippen molar-refractivity contribution in [2.24, 2.45) is 0 Å². The number of aryl methyl sites for hydroxylation is 1. The fourth-order valence-electron chi connectivity index (χ4n) is 3.86. The van der Waals surface area contributed by atoms with E-state index in [2.05, 4.69) is 46.3 Å². The van der Waals surface area contributed by atoms with Gasteiger partial charge in [-0.3, -0.25) is 9.69 Å². The maximum Gasteiger partial charge on any atom is 0.251 e. The number of halogens is 1. The number of hydrogen-bond donors (Lipinski definition) is 1. The minimum absolute atomic E-state index is 0.0633. The normalized spacial score (nSPS) is 15.1. The molecule has 0 atom stereocenters. The summed E-state index contributed by atoms with van der Waals surface area (Å²) in [6.45, 7) is 7.78. The zero-order valence-electron chi connectivity index (χ0n) is 19.6. The summed E-state index contributed by atoms with van der Waals surface area (Å²) < 4.78 is 25.9. The van der Waals surface area contributed by atoms with Crippen LogP contribution in [0, 0.1) is 6.92 Å². The van der Waals surface area contributed by atoms with Crippen LogP contribution in [0.5, 0.6) is 0 Å². The SMILES string of the molecule is Cc1cccc(N2CCN(CCCCNC(=O)c3ccc(Cl)c(S(=O)(=O)N(C)C)c3)CC2)c1. The van der Waals surface area contributed by atoms with E-state index >= 15 is 0 Å². The number of carbonyl (C=O) groups is 1. The molecule has 3 rings (SSSR count). The van der Waals surface area contributed by atoms with Crippen molar-refractivity contribution in [3.8, 4) is 0 Å². The van der Waals surface area contributed by atoms with E-state index in [1.165, 1.54) is 37.5 Å². The number of piperazine rings is 1. The molecule has 1 heterocycles. The van der Waals surface area contributed by atoms with Gasteiger partial charge >= 0.3 is 0 Å². The van der Waals surface area contributed by atoms with E-state index in [4.69, 9.17) is 11.6 Å². The van der Waals surface area contributed by atoms with Crippen LogP contribution in [-0.2, 0) is 10.0 Å². The van der Waals surface area contributed by atoms with Crippen LogP contribution < -0.4 is 10.2 Å². The lowest BCUT2D eigenvalue weighted by Gasteiger charge is -2.36. The third-order valence-corrected chi connectivity index (χ3v) is 8.17. The molecule has 0 unspecified atom stereocenters. The van der Waals surface area contributed by atoms with Gasteiger partial charge in [-0.1, -0.05) is 23.7 Å². The molecule has 0 bridgehead atoms. The molecule has 33 heavy (non-hydrogen) atoms. The maximum absolute atomic E-state index is 12.5. The summed E-state index contributed by atoms with van der Waals surface area (Å²) in [5.41, 5.74) is 2.86. The van der Waals surface area contributed by atoms with Crippen LogP contribution in [0.1, 0.15) is 28.8 Å². The van der Waals surface area contributed by atoms with Gasteiger partial charge in [0.05, 0.1) is 5.02 Å². The molecule has 0 spiro atoms. The quantitative estimate of drug-likeness (QED) is 0.544. The molecule has 1 aliphatic rings. The largest absolute Gasteiger partial charge is 0.369 e. The Morgan fingerprint density at radius 3 is 2.45 bits per heavy atom. The molecule has 1 amide bonds. The van der Waals surface area contributed by atoms with E-state index in [1.807, 2.05) is 0 Å². The number of nitrogens with zero attached hydrogens (tertiary/aromatic N) is 3. The van der Waals surface area contributed by atoms with Crippen LogP contribution >= 0.6 is 11.6 Å². The molecule has 180 valence electrons. The van der Waals surface area contributed by atoms with Crippen LogP contribution in [-0.4, -0.2) is 76.9 Å². The maximum atomic E-state index is 12.5. The lowest BCUT2D eigenvalue weighted by atomic mass is 10.2. The number of rotatable bonds is 9. The Labute approximate surface area is 202 Å². The number of benzene rings is 2. The number of nitrogens with one attached hydrogen (secondary N) is 1. The zero-order chi connectivity index (χ0) is 24.0. The summed E-state index contributed by atoms with van der Waals surface area (Å²) in [6.07, 6.45) is 1.85. The highest BCUT2D eigenvalue weighted by molar-refractivity contribution is 7.89. The Hall–Kier alpha value is -2.13. The first-order chi connectivity index (χ1) is 15.7. The third kappa shape index (κ3) is 6.69. The molecule has 7 nitrogen and oxygen atoms in total. The lowest BCUT2D eigenvalue weighted by Crippen LogP contribution is -2.46. The summed E-state index contributed by atoms with van der Waals surface area (Å²) in [5.74, 6) is -0.298. The van der Waals surface area contributed by atoms with Crippen molar-refractivity contribution in [3.05, 3.63) is 58.6 Å². The van der Waals surface area contributed by atoms with Crippen LogP contribution in [0.3, 0.4) is 0 Å². The average Bonchev–Trinajstić information content (AvgIpc) is 2.79. The van der Waals surface area contributed by atoms with Crippen molar-refractivity contribution in [2.45, 2.75) is 24.7 Å². The molecular formula is C24H33ClN4O3S. The first-order valence-electron chi connectivity index (χ1n) is 11.2. The van der Waals surface area contributed by atoms with Gasteiger partial charge in [-0.05, 0) is 62.2 Å². The van der Waals surface area contributed by atoms with Gasteiger partial charge in [0, 0.05) is 58.1 Å². The van der Waals surface area contributed by atoms with Gasteiger partial charge in [0.2, 0.25) is 10.0 Å². The topological polar surface area (TPSA) is 73.0 Å². The van der Waals surface area contributed by atoms with E-state index in [1.54, 1.807) is 6.07 Å². The van der Waals surface area contributed by atoms with Gasteiger partial charge in [-0.15, -0.1) is 0 Å². The first-order valence-corrected chi connectivity index (χ1v) is 13.0. The Bertz CT molecular complexity index is 1070. The minimum Gasteiger partial charge on any atom is -0.369 e. The van der Waals surface area contributed by atoms with E-state index in [0.29, 0.717) is 6.54 Å². The molecule has 1 aliphatic heterocycles. The van der Waals surface area contributed by atoms with Crippen LogP contribution in [0.4, 0.5) is 5.69 Å². The molecule has 9 heteroatoms. The highest BCUT2D eigenvalue weighted by atomic mass is 35.5. The number of amides is 1. The fourth-order valence-corrected chi connectivity index (χ4v) is 5.25. The summed E-state index contributed by atoms with van der Waals surface area (Å²) in [6, 6.07) is 13.0. The third-order valence-electron chi connectivity index (χ3n) is 5.88. The van der Waals surface area contributed by atoms with Crippen LogP contribution in [0.15, 0.2) is 47.4 Å². The summed E-state index contributed by atoms with van der Waals surface area (Å²) in [5, 5.41) is 2.98. The van der Waals surface area contributed by atoms with Crippen molar-refractivity contribution in [2.75, 3.05) is 58.3 Å². The van der Waals surface area contributed by atoms with E-state index in [0.717, 1.165) is 49.9 Å². The van der Waals surface area contributed by atoms with Gasteiger partial charge < -0.3 is 10.2 Å². The number of carbonyl (C=O) groups excluding carboxylic acids is 1. The van der Waals surface area contributed by atoms with Gasteiger partial charge in [-0.2, -0.15) is 0 Å². The number of unbranched alkanes of at least 4 members (excludes halogenated alkanes) is 1. The second-order valence-corrected chi connectivity index (χ2v) is 11.1. The Morgan fingerprint density at radius 2 is 1.79 bits per heavy atom. The second kappa shape index (κ2) is 11.3. The number of sulfonamides is 1. The van der Waals surface area contributed by atoms with Gasteiger partial charge in [0.25, 0.3) is 5.91 Å². The zero-order valence-corrected chi connectivity index (χ0v) is 21.1. The van der Waals surface area contributed by atoms with Gasteiger partial charge in [0.1, 0.15) is 4.90 Å². The highest BCUT2D eigenvalue weighted by Crippen LogP contribution is 2.25. The second-order valence-electron chi connectivity index (χ2n) is 8.56. The smallest absolute Gasteiger partial charge is 0.251 e. The van der Waals surface area contributed by atoms with E-state index in [9.17, 15) is 13.2 Å². The van der Waals surface area contributed by atoms with Gasteiger partial charge in [0.15, 0.2) is 0 Å². The Morgan fingerprint density at radius 1 is 1.06 bits per heavy atom. The predicted octanol–water partition coefficient (Wildman–Crippen LogP) is 3.23. The fraction of sp³-hybridized carbons (Fsp3) is 0.458. The molecule has 2 aromatic carbocycles. The van der Waals surface area contributed by atoms with E-state index < -0.39 is 10.0 Å². The lowest BCUT2D eigenvalue weighted by molar-refractivity contribution is 0.0952. The average molecular weight is 493 g/mol. The van der Waals surface area contributed by atoms with Crippen molar-refractivity contribution in [1.82, 2.24) is 14.5 Å². The molecule has 0 saturated carbocycles. The molecule has 2 aromatic rings. The van der Waals surface area contributed by atoms with Crippen molar-refractivity contribution in [3.63, 3.8) is 0 Å². The van der Waals surface area contributed by atoms with Crippen molar-refractivity contribution in [1.29, 1.82) is 0 Å². The van der Waals surface area contributed by atoms with Crippen molar-refractivity contribution >= 4 is 33.2 Å². The van der Waals surface area contributed by atoms with E-state index in [-0.39, 0.29) is 21.4 Å². The van der Waals surface area contributed by atoms with Crippen LogP contribution in [0.2, 0.25) is 5.02 Å². The molecule has 1 saturated heterocycles. The number of hydrogen-bond acceptors (Lipinski definition) is 5. The summed E-state index contributed by atoms with van der Waals surface area (Å²) in [7, 11) is -0.854. The molecule has 0 aromatic heterocycles. The summed E-state index contributed by atoms with van der Waals surface area (Å²) >= 11 is 6.05. The predicted molar refractivity (Wildman–Crippen MR) is 134 cm³/mol. The molecular weight excluding hydrogens is 460 g/mol. The first kappa shape index (κ1) is 25.5. The molecule has 0 radical (unpaired) electrons. The monoisotopic (exact) mass is 492 g/mol. The Balaban J connectivity index is 1.40. The van der Waals surface area contributed by atoms with Crippen LogP contribution in [0.25, 0.3) is 0 Å².